The standard InChI is InChI=1S/C14H23NO/c1-5-6-16-9-13(15)14-11(3)7-10(2)8-12(14)4/h7-8,13H,5-6,9,15H2,1-4H3. The minimum absolute atomic E-state index is 0.00727. The van der Waals surface area contributed by atoms with E-state index in [0.717, 1.165) is 13.0 Å². The Kier molecular flexibility index (Phi) is 4.97. The lowest BCUT2D eigenvalue weighted by molar-refractivity contribution is 0.121. The molecule has 1 unspecified atom stereocenters. The average Bonchev–Trinajstić information content (AvgIpc) is 2.16. The molecule has 90 valence electrons. The SMILES string of the molecule is CCCOCC(N)c1c(C)cc(C)cc1C. The maximum atomic E-state index is 6.16. The van der Waals surface area contributed by atoms with E-state index in [4.69, 9.17) is 10.5 Å². The number of nitrogens with two attached hydrogens (primary N) is 1. The van der Waals surface area contributed by atoms with Gasteiger partial charge in [-0.3, -0.25) is 0 Å². The first-order valence-electron chi connectivity index (χ1n) is 5.97. The molecular formula is C14H23NO. The molecule has 0 saturated heterocycles. The molecule has 0 aliphatic carbocycles. The molecule has 0 heterocycles. The number of benzene rings is 1. The molecule has 1 atom stereocenters. The van der Waals surface area contributed by atoms with E-state index >= 15 is 0 Å². The summed E-state index contributed by atoms with van der Waals surface area (Å²) in [4.78, 5) is 0. The second kappa shape index (κ2) is 6.02. The second-order valence-electron chi connectivity index (χ2n) is 4.49. The molecule has 0 radical (unpaired) electrons. The van der Waals surface area contributed by atoms with Crippen LogP contribution >= 0.6 is 0 Å². The maximum Gasteiger partial charge on any atom is 0.0659 e. The molecule has 1 aromatic rings. The minimum Gasteiger partial charge on any atom is -0.379 e. The molecule has 2 heteroatoms. The van der Waals surface area contributed by atoms with Gasteiger partial charge in [-0.05, 0) is 43.9 Å². The highest BCUT2D eigenvalue weighted by Gasteiger charge is 2.12. The van der Waals surface area contributed by atoms with Gasteiger partial charge < -0.3 is 10.5 Å². The van der Waals surface area contributed by atoms with Gasteiger partial charge in [0.25, 0.3) is 0 Å². The first kappa shape index (κ1) is 13.2. The van der Waals surface area contributed by atoms with Crippen LogP contribution in [0.2, 0.25) is 0 Å². The third-order valence-electron chi connectivity index (χ3n) is 2.75. The molecule has 0 aliphatic rings. The third-order valence-corrected chi connectivity index (χ3v) is 2.75. The summed E-state index contributed by atoms with van der Waals surface area (Å²) in [6.07, 6.45) is 1.04. The van der Waals surface area contributed by atoms with Crippen LogP contribution in [0.5, 0.6) is 0 Å². The molecule has 0 fully saturated rings. The Bertz CT molecular complexity index is 324. The summed E-state index contributed by atoms with van der Waals surface area (Å²) in [6.45, 7) is 9.86. The number of aryl methyl sites for hydroxylation is 3. The lowest BCUT2D eigenvalue weighted by Gasteiger charge is -2.18. The summed E-state index contributed by atoms with van der Waals surface area (Å²) in [5, 5.41) is 0. The Morgan fingerprint density at radius 1 is 1.19 bits per heavy atom. The van der Waals surface area contributed by atoms with Crippen molar-refractivity contribution < 1.29 is 4.74 Å². The van der Waals surface area contributed by atoms with Gasteiger partial charge in [-0.15, -0.1) is 0 Å². The van der Waals surface area contributed by atoms with Crippen LogP contribution in [0.15, 0.2) is 12.1 Å². The van der Waals surface area contributed by atoms with E-state index in [0.29, 0.717) is 6.61 Å². The van der Waals surface area contributed by atoms with Crippen LogP contribution in [-0.2, 0) is 4.74 Å². The van der Waals surface area contributed by atoms with Gasteiger partial charge in [-0.1, -0.05) is 24.6 Å². The topological polar surface area (TPSA) is 35.2 Å². The summed E-state index contributed by atoms with van der Waals surface area (Å²) in [7, 11) is 0. The fourth-order valence-electron chi connectivity index (χ4n) is 2.21. The molecule has 0 aromatic heterocycles. The van der Waals surface area contributed by atoms with Crippen molar-refractivity contribution >= 4 is 0 Å². The Morgan fingerprint density at radius 2 is 1.75 bits per heavy atom. The van der Waals surface area contributed by atoms with Gasteiger partial charge in [-0.2, -0.15) is 0 Å². The first-order valence-corrected chi connectivity index (χ1v) is 5.97. The van der Waals surface area contributed by atoms with Gasteiger partial charge in [-0.25, -0.2) is 0 Å². The first-order chi connectivity index (χ1) is 7.56. The van der Waals surface area contributed by atoms with Crippen molar-refractivity contribution in [2.45, 2.75) is 40.2 Å². The van der Waals surface area contributed by atoms with Crippen LogP contribution < -0.4 is 5.73 Å². The number of hydrogen-bond donors (Lipinski definition) is 1. The zero-order chi connectivity index (χ0) is 12.1. The summed E-state index contributed by atoms with van der Waals surface area (Å²) in [5.41, 5.74) is 11.2. The van der Waals surface area contributed by atoms with Gasteiger partial charge in [0, 0.05) is 6.61 Å². The largest absolute Gasteiger partial charge is 0.379 e. The molecule has 0 amide bonds. The van der Waals surface area contributed by atoms with E-state index in [2.05, 4.69) is 39.8 Å². The molecule has 0 spiro atoms. The van der Waals surface area contributed by atoms with Crippen molar-refractivity contribution in [1.82, 2.24) is 0 Å². The Hall–Kier alpha value is -0.860. The zero-order valence-electron chi connectivity index (χ0n) is 10.8. The summed E-state index contributed by atoms with van der Waals surface area (Å²) in [6, 6.07) is 4.36. The van der Waals surface area contributed by atoms with Crippen molar-refractivity contribution in [2.75, 3.05) is 13.2 Å². The minimum atomic E-state index is -0.00727. The summed E-state index contributed by atoms with van der Waals surface area (Å²) in [5.74, 6) is 0. The molecule has 1 rings (SSSR count). The fraction of sp³-hybridized carbons (Fsp3) is 0.571. The number of ether oxygens (including phenoxy) is 1. The monoisotopic (exact) mass is 221 g/mol. The Morgan fingerprint density at radius 3 is 2.25 bits per heavy atom. The van der Waals surface area contributed by atoms with Gasteiger partial charge in [0.2, 0.25) is 0 Å². The highest BCUT2D eigenvalue weighted by Crippen LogP contribution is 2.22. The molecule has 1 aromatic carbocycles. The molecule has 0 bridgehead atoms. The molecular weight excluding hydrogens is 198 g/mol. The molecule has 0 aliphatic heterocycles. The quantitative estimate of drug-likeness (QED) is 0.776. The maximum absolute atomic E-state index is 6.16. The average molecular weight is 221 g/mol. The Labute approximate surface area is 98.8 Å². The van der Waals surface area contributed by atoms with Crippen LogP contribution in [0.25, 0.3) is 0 Å². The smallest absolute Gasteiger partial charge is 0.0659 e. The van der Waals surface area contributed by atoms with E-state index in [9.17, 15) is 0 Å². The normalized spacial score (nSPS) is 12.8. The third kappa shape index (κ3) is 3.32. The molecule has 2 N–H and O–H groups in total. The van der Waals surface area contributed by atoms with Crippen molar-refractivity contribution in [3.8, 4) is 0 Å². The lowest BCUT2D eigenvalue weighted by Crippen LogP contribution is -2.19. The molecule has 16 heavy (non-hydrogen) atoms. The second-order valence-corrected chi connectivity index (χ2v) is 4.49. The predicted octanol–water partition coefficient (Wildman–Crippen LogP) is 3.04. The lowest BCUT2D eigenvalue weighted by atomic mass is 9.95. The van der Waals surface area contributed by atoms with E-state index in [-0.39, 0.29) is 6.04 Å². The summed E-state index contributed by atoms with van der Waals surface area (Å²) >= 11 is 0. The van der Waals surface area contributed by atoms with Gasteiger partial charge in [0.05, 0.1) is 12.6 Å². The van der Waals surface area contributed by atoms with Crippen molar-refractivity contribution in [3.63, 3.8) is 0 Å². The van der Waals surface area contributed by atoms with Crippen molar-refractivity contribution in [3.05, 3.63) is 34.4 Å². The van der Waals surface area contributed by atoms with Crippen LogP contribution in [0.4, 0.5) is 0 Å². The van der Waals surface area contributed by atoms with E-state index < -0.39 is 0 Å². The van der Waals surface area contributed by atoms with Crippen LogP contribution in [0.3, 0.4) is 0 Å². The van der Waals surface area contributed by atoms with Crippen molar-refractivity contribution in [2.24, 2.45) is 5.73 Å². The zero-order valence-corrected chi connectivity index (χ0v) is 10.8. The van der Waals surface area contributed by atoms with Gasteiger partial charge in [0.15, 0.2) is 0 Å². The van der Waals surface area contributed by atoms with Crippen LogP contribution in [0.1, 0.15) is 41.6 Å². The highest BCUT2D eigenvalue weighted by atomic mass is 16.5. The van der Waals surface area contributed by atoms with Crippen LogP contribution in [-0.4, -0.2) is 13.2 Å². The van der Waals surface area contributed by atoms with Gasteiger partial charge >= 0.3 is 0 Å². The van der Waals surface area contributed by atoms with E-state index in [1.54, 1.807) is 0 Å². The van der Waals surface area contributed by atoms with Crippen LogP contribution in [0, 0.1) is 20.8 Å². The number of hydrogen-bond acceptors (Lipinski definition) is 2. The Balaban J connectivity index is 2.78. The fourth-order valence-corrected chi connectivity index (χ4v) is 2.21. The molecule has 0 saturated carbocycles. The molecule has 2 nitrogen and oxygen atoms in total. The number of rotatable bonds is 5. The predicted molar refractivity (Wildman–Crippen MR) is 68.7 cm³/mol. The summed E-state index contributed by atoms with van der Waals surface area (Å²) < 4.78 is 5.51. The van der Waals surface area contributed by atoms with E-state index in [1.807, 2.05) is 0 Å². The van der Waals surface area contributed by atoms with Gasteiger partial charge in [0.1, 0.15) is 0 Å². The highest BCUT2D eigenvalue weighted by molar-refractivity contribution is 5.39. The van der Waals surface area contributed by atoms with Crippen molar-refractivity contribution in [1.29, 1.82) is 0 Å². The van der Waals surface area contributed by atoms with E-state index in [1.165, 1.54) is 22.3 Å².